The highest BCUT2D eigenvalue weighted by atomic mass is 15.0. The second-order valence-electron chi connectivity index (χ2n) is 8.37. The number of hydrogen-bond acceptors (Lipinski definition) is 0. The summed E-state index contributed by atoms with van der Waals surface area (Å²) in [5.74, 6) is 0. The van der Waals surface area contributed by atoms with Crippen LogP contribution in [0.1, 0.15) is 12.0 Å². The molecule has 0 N–H and O–H groups in total. The molecule has 1 heteroatoms. The first-order valence-corrected chi connectivity index (χ1v) is 11.4. The molecule has 0 amide bonds. The highest BCUT2D eigenvalue weighted by Gasteiger charge is 2.13. The van der Waals surface area contributed by atoms with Crippen LogP contribution >= 0.6 is 0 Å². The summed E-state index contributed by atoms with van der Waals surface area (Å²) in [4.78, 5) is 0. The first kappa shape index (κ1) is 20.8. The Labute approximate surface area is 195 Å². The molecule has 0 spiro atoms. The molecule has 0 bridgehead atoms. The van der Waals surface area contributed by atoms with Gasteiger partial charge in [-0.25, -0.2) is 0 Å². The van der Waals surface area contributed by atoms with Crippen LogP contribution in [0.4, 0.5) is 0 Å². The largest absolute Gasteiger partial charge is 0.309 e. The van der Waals surface area contributed by atoms with Gasteiger partial charge < -0.3 is 4.57 Å². The zero-order valence-corrected chi connectivity index (χ0v) is 18.7. The van der Waals surface area contributed by atoms with E-state index in [4.69, 9.17) is 0 Å². The number of nitrogens with zero attached hydrogens (tertiary/aromatic N) is 1. The van der Waals surface area contributed by atoms with Gasteiger partial charge >= 0.3 is 0 Å². The molecule has 33 heavy (non-hydrogen) atoms. The molecule has 0 saturated heterocycles. The van der Waals surface area contributed by atoms with Crippen LogP contribution in [-0.2, 0) is 6.42 Å². The van der Waals surface area contributed by atoms with Crippen LogP contribution in [0.5, 0.6) is 0 Å². The molecule has 0 atom stereocenters. The van der Waals surface area contributed by atoms with Crippen LogP contribution in [0.15, 0.2) is 134 Å². The standard InChI is InChI=1S/C32H27N/c1-3-4-11-24(2)18-19-25-20-21-32-30(22-25)29-16-8-9-17-31(29)33(32)28-15-10-14-27(23-28)26-12-6-5-7-13-26/h3-17,20-23H,1-2,18-19H2/b11-4-. The third-order valence-corrected chi connectivity index (χ3v) is 6.15. The van der Waals surface area contributed by atoms with E-state index < -0.39 is 0 Å². The summed E-state index contributed by atoms with van der Waals surface area (Å²) in [5, 5.41) is 2.57. The van der Waals surface area contributed by atoms with Crippen molar-refractivity contribution in [3.05, 3.63) is 140 Å². The zero-order chi connectivity index (χ0) is 22.6. The van der Waals surface area contributed by atoms with Crippen molar-refractivity contribution in [3.8, 4) is 16.8 Å². The van der Waals surface area contributed by atoms with Gasteiger partial charge in [0.2, 0.25) is 0 Å². The van der Waals surface area contributed by atoms with Gasteiger partial charge in [-0.1, -0.05) is 104 Å². The average Bonchev–Trinajstić information content (AvgIpc) is 3.20. The number of rotatable bonds is 7. The molecule has 0 aliphatic heterocycles. The lowest BCUT2D eigenvalue weighted by atomic mass is 10.0. The van der Waals surface area contributed by atoms with E-state index in [1.807, 2.05) is 12.2 Å². The topological polar surface area (TPSA) is 4.93 Å². The average molecular weight is 426 g/mol. The summed E-state index contributed by atoms with van der Waals surface area (Å²) in [6.45, 7) is 7.89. The Morgan fingerprint density at radius 1 is 0.727 bits per heavy atom. The molecule has 0 saturated carbocycles. The number of fused-ring (bicyclic) bond motifs is 3. The Morgan fingerprint density at radius 2 is 1.48 bits per heavy atom. The SMILES string of the molecule is C=C/C=C\C(=C)CCc1ccc2c(c1)c1ccccc1n2-c1cccc(-c2ccccc2)c1. The highest BCUT2D eigenvalue weighted by molar-refractivity contribution is 6.09. The molecule has 0 aliphatic rings. The Hall–Kier alpha value is -4.10. The second-order valence-corrected chi connectivity index (χ2v) is 8.37. The summed E-state index contributed by atoms with van der Waals surface area (Å²) >= 11 is 0. The minimum atomic E-state index is 0.938. The summed E-state index contributed by atoms with van der Waals surface area (Å²) in [5.41, 5.74) is 8.54. The van der Waals surface area contributed by atoms with E-state index in [0.29, 0.717) is 0 Å². The van der Waals surface area contributed by atoms with Gasteiger partial charge in [0.15, 0.2) is 0 Å². The number of aryl methyl sites for hydroxylation is 1. The van der Waals surface area contributed by atoms with Gasteiger partial charge in [0.1, 0.15) is 0 Å². The van der Waals surface area contributed by atoms with E-state index in [1.54, 1.807) is 6.08 Å². The minimum Gasteiger partial charge on any atom is -0.309 e. The van der Waals surface area contributed by atoms with Crippen molar-refractivity contribution in [3.63, 3.8) is 0 Å². The molecule has 1 aromatic heterocycles. The van der Waals surface area contributed by atoms with Crippen LogP contribution in [0.3, 0.4) is 0 Å². The number of benzene rings is 4. The molecule has 1 heterocycles. The van der Waals surface area contributed by atoms with Crippen LogP contribution < -0.4 is 0 Å². The van der Waals surface area contributed by atoms with Crippen molar-refractivity contribution < 1.29 is 0 Å². The molecular formula is C32H27N. The normalized spacial score (nSPS) is 11.4. The molecule has 4 aromatic carbocycles. The van der Waals surface area contributed by atoms with Gasteiger partial charge in [0.25, 0.3) is 0 Å². The van der Waals surface area contributed by atoms with E-state index in [1.165, 1.54) is 44.2 Å². The molecule has 5 rings (SSSR count). The van der Waals surface area contributed by atoms with Crippen LogP contribution in [0.2, 0.25) is 0 Å². The Kier molecular flexibility index (Phi) is 5.78. The van der Waals surface area contributed by atoms with Crippen molar-refractivity contribution in [2.45, 2.75) is 12.8 Å². The lowest BCUT2D eigenvalue weighted by Gasteiger charge is -2.10. The van der Waals surface area contributed by atoms with Crippen LogP contribution in [-0.4, -0.2) is 4.57 Å². The highest BCUT2D eigenvalue weighted by Crippen LogP contribution is 2.34. The molecule has 160 valence electrons. The fraction of sp³-hybridized carbons (Fsp3) is 0.0625. The monoisotopic (exact) mass is 425 g/mol. The first-order valence-electron chi connectivity index (χ1n) is 11.4. The van der Waals surface area contributed by atoms with Gasteiger partial charge in [-0.2, -0.15) is 0 Å². The van der Waals surface area contributed by atoms with Crippen molar-refractivity contribution in [1.29, 1.82) is 0 Å². The van der Waals surface area contributed by atoms with Gasteiger partial charge in [0, 0.05) is 16.5 Å². The third kappa shape index (κ3) is 4.18. The van der Waals surface area contributed by atoms with Crippen molar-refractivity contribution >= 4 is 21.8 Å². The third-order valence-electron chi connectivity index (χ3n) is 6.15. The lowest BCUT2D eigenvalue weighted by molar-refractivity contribution is 0.971. The van der Waals surface area contributed by atoms with Gasteiger partial charge in [-0.15, -0.1) is 0 Å². The van der Waals surface area contributed by atoms with Gasteiger partial charge in [-0.3, -0.25) is 0 Å². The molecule has 0 aliphatic carbocycles. The summed E-state index contributed by atoms with van der Waals surface area (Å²) in [7, 11) is 0. The van der Waals surface area contributed by atoms with Crippen molar-refractivity contribution in [2.24, 2.45) is 0 Å². The maximum Gasteiger partial charge on any atom is 0.0541 e. The van der Waals surface area contributed by atoms with Gasteiger partial charge in [0.05, 0.1) is 11.0 Å². The quantitative estimate of drug-likeness (QED) is 0.230. The van der Waals surface area contributed by atoms with Crippen LogP contribution in [0, 0.1) is 0 Å². The van der Waals surface area contributed by atoms with Gasteiger partial charge in [-0.05, 0) is 59.9 Å². The number of hydrogen-bond donors (Lipinski definition) is 0. The van der Waals surface area contributed by atoms with E-state index in [0.717, 1.165) is 18.4 Å². The number of aromatic nitrogens is 1. The van der Waals surface area contributed by atoms with E-state index in [-0.39, 0.29) is 0 Å². The summed E-state index contributed by atoms with van der Waals surface area (Å²) < 4.78 is 2.38. The number of para-hydroxylation sites is 1. The Balaban J connectivity index is 1.59. The fourth-order valence-corrected chi connectivity index (χ4v) is 4.50. The van der Waals surface area contributed by atoms with Crippen molar-refractivity contribution in [2.75, 3.05) is 0 Å². The fourth-order valence-electron chi connectivity index (χ4n) is 4.50. The van der Waals surface area contributed by atoms with Crippen LogP contribution in [0.25, 0.3) is 38.6 Å². The van der Waals surface area contributed by atoms with Crippen molar-refractivity contribution in [1.82, 2.24) is 4.57 Å². The van der Waals surface area contributed by atoms with E-state index >= 15 is 0 Å². The summed E-state index contributed by atoms with van der Waals surface area (Å²) in [6, 6.07) is 34.9. The molecule has 0 unspecified atom stereocenters. The zero-order valence-electron chi connectivity index (χ0n) is 18.7. The molecule has 1 nitrogen and oxygen atoms in total. The minimum absolute atomic E-state index is 0.938. The maximum absolute atomic E-state index is 4.16. The molecule has 0 radical (unpaired) electrons. The maximum atomic E-state index is 4.16. The first-order chi connectivity index (χ1) is 16.2. The lowest BCUT2D eigenvalue weighted by Crippen LogP contribution is -1.94. The molecular weight excluding hydrogens is 398 g/mol. The predicted molar refractivity (Wildman–Crippen MR) is 143 cm³/mol. The van der Waals surface area contributed by atoms with E-state index in [9.17, 15) is 0 Å². The second kappa shape index (κ2) is 9.18. The molecule has 5 aromatic rings. The summed E-state index contributed by atoms with van der Waals surface area (Å²) in [6.07, 6.45) is 7.69. The Bertz CT molecular complexity index is 1480. The number of allylic oxidation sites excluding steroid dienone is 4. The predicted octanol–water partition coefficient (Wildman–Crippen LogP) is 8.68. The van der Waals surface area contributed by atoms with E-state index in [2.05, 4.69) is 115 Å². The smallest absolute Gasteiger partial charge is 0.0541 e. The molecule has 0 fully saturated rings. The Morgan fingerprint density at radius 3 is 2.33 bits per heavy atom.